The van der Waals surface area contributed by atoms with Crippen LogP contribution >= 0.6 is 15.9 Å². The van der Waals surface area contributed by atoms with E-state index in [4.69, 9.17) is 4.74 Å². The second-order valence-electron chi connectivity index (χ2n) is 5.32. The second kappa shape index (κ2) is 8.80. The zero-order chi connectivity index (χ0) is 15.1. The third-order valence-electron chi connectivity index (χ3n) is 3.64. The monoisotopic (exact) mass is 345 g/mol. The first kappa shape index (κ1) is 17.7. The van der Waals surface area contributed by atoms with Crippen molar-refractivity contribution in [2.75, 3.05) is 13.7 Å². The van der Waals surface area contributed by atoms with Crippen LogP contribution in [0.5, 0.6) is 0 Å². The SMILES string of the molecule is CCCNC(Cc1c(Br)c(CC)nn1C)CC(C)OC. The Balaban J connectivity index is 2.80. The van der Waals surface area contributed by atoms with Gasteiger partial charge in [-0.2, -0.15) is 5.10 Å². The molecule has 5 heteroatoms. The van der Waals surface area contributed by atoms with E-state index in [-0.39, 0.29) is 6.10 Å². The van der Waals surface area contributed by atoms with Crippen molar-refractivity contribution in [1.29, 1.82) is 0 Å². The summed E-state index contributed by atoms with van der Waals surface area (Å²) in [5.41, 5.74) is 2.40. The Kier molecular flexibility index (Phi) is 7.77. The molecule has 0 bridgehead atoms. The lowest BCUT2D eigenvalue weighted by molar-refractivity contribution is 0.100. The van der Waals surface area contributed by atoms with Crippen molar-refractivity contribution in [2.24, 2.45) is 7.05 Å². The average molecular weight is 346 g/mol. The van der Waals surface area contributed by atoms with E-state index >= 15 is 0 Å². The van der Waals surface area contributed by atoms with Gasteiger partial charge in [0, 0.05) is 26.6 Å². The number of nitrogens with one attached hydrogen (secondary N) is 1. The minimum absolute atomic E-state index is 0.266. The van der Waals surface area contributed by atoms with E-state index in [1.807, 2.05) is 11.7 Å². The zero-order valence-corrected chi connectivity index (χ0v) is 15.0. The number of rotatable bonds is 9. The highest BCUT2D eigenvalue weighted by atomic mass is 79.9. The number of ether oxygens (including phenoxy) is 1. The van der Waals surface area contributed by atoms with Crippen molar-refractivity contribution in [3.05, 3.63) is 15.9 Å². The maximum atomic E-state index is 5.41. The van der Waals surface area contributed by atoms with Crippen molar-refractivity contribution in [1.82, 2.24) is 15.1 Å². The van der Waals surface area contributed by atoms with E-state index in [2.05, 4.69) is 47.1 Å². The molecule has 116 valence electrons. The van der Waals surface area contributed by atoms with E-state index in [1.54, 1.807) is 7.11 Å². The Hall–Kier alpha value is -0.390. The van der Waals surface area contributed by atoms with Crippen LogP contribution in [0.15, 0.2) is 4.47 Å². The Morgan fingerprint density at radius 3 is 2.60 bits per heavy atom. The summed E-state index contributed by atoms with van der Waals surface area (Å²) in [7, 11) is 3.80. The summed E-state index contributed by atoms with van der Waals surface area (Å²) in [5.74, 6) is 0. The van der Waals surface area contributed by atoms with E-state index in [0.29, 0.717) is 6.04 Å². The summed E-state index contributed by atoms with van der Waals surface area (Å²) in [6.45, 7) is 7.49. The van der Waals surface area contributed by atoms with Gasteiger partial charge in [0.25, 0.3) is 0 Å². The highest BCUT2D eigenvalue weighted by Gasteiger charge is 2.19. The lowest BCUT2D eigenvalue weighted by Gasteiger charge is -2.22. The lowest BCUT2D eigenvalue weighted by Crippen LogP contribution is -2.35. The predicted octanol–water partition coefficient (Wildman–Crippen LogP) is 3.08. The summed E-state index contributed by atoms with van der Waals surface area (Å²) in [5, 5.41) is 8.19. The van der Waals surface area contributed by atoms with Crippen molar-refractivity contribution in [2.45, 2.75) is 58.6 Å². The third-order valence-corrected chi connectivity index (χ3v) is 4.56. The van der Waals surface area contributed by atoms with E-state index < -0.39 is 0 Å². The minimum Gasteiger partial charge on any atom is -0.382 e. The molecule has 1 aromatic rings. The number of halogens is 1. The molecule has 1 rings (SSSR count). The zero-order valence-electron chi connectivity index (χ0n) is 13.4. The van der Waals surface area contributed by atoms with Gasteiger partial charge in [0.2, 0.25) is 0 Å². The van der Waals surface area contributed by atoms with Crippen molar-refractivity contribution in [3.63, 3.8) is 0 Å². The van der Waals surface area contributed by atoms with Crippen LogP contribution in [0.4, 0.5) is 0 Å². The van der Waals surface area contributed by atoms with Crippen LogP contribution in [0.3, 0.4) is 0 Å². The van der Waals surface area contributed by atoms with Gasteiger partial charge in [-0.05, 0) is 48.7 Å². The van der Waals surface area contributed by atoms with E-state index in [9.17, 15) is 0 Å². The molecule has 0 spiro atoms. The maximum absolute atomic E-state index is 5.41. The summed E-state index contributed by atoms with van der Waals surface area (Å²) >= 11 is 3.70. The average Bonchev–Trinajstić information content (AvgIpc) is 2.71. The normalized spacial score (nSPS) is 14.5. The standard InChI is InChI=1S/C15H28BrN3O/c1-6-8-17-12(9-11(3)20-5)10-14-15(16)13(7-2)18-19(14)4/h11-12,17H,6-10H2,1-5H3. The van der Waals surface area contributed by atoms with Gasteiger partial charge >= 0.3 is 0 Å². The summed E-state index contributed by atoms with van der Waals surface area (Å²) in [4.78, 5) is 0. The van der Waals surface area contributed by atoms with Crippen molar-refractivity contribution in [3.8, 4) is 0 Å². The number of aryl methyl sites for hydroxylation is 2. The summed E-state index contributed by atoms with van der Waals surface area (Å²) < 4.78 is 8.57. The fourth-order valence-corrected chi connectivity index (χ4v) is 3.14. The molecule has 20 heavy (non-hydrogen) atoms. The topological polar surface area (TPSA) is 39.1 Å². The molecule has 0 aliphatic heterocycles. The Morgan fingerprint density at radius 2 is 2.10 bits per heavy atom. The van der Waals surface area contributed by atoms with Crippen LogP contribution in [0.1, 0.15) is 45.0 Å². The number of methoxy groups -OCH3 is 1. The second-order valence-corrected chi connectivity index (χ2v) is 6.11. The van der Waals surface area contributed by atoms with Crippen LogP contribution in [0, 0.1) is 0 Å². The first-order chi connectivity index (χ1) is 9.53. The molecule has 1 N–H and O–H groups in total. The van der Waals surface area contributed by atoms with Crippen molar-refractivity contribution >= 4 is 15.9 Å². The highest BCUT2D eigenvalue weighted by Crippen LogP contribution is 2.23. The number of hydrogen-bond donors (Lipinski definition) is 1. The van der Waals surface area contributed by atoms with Gasteiger partial charge in [-0.25, -0.2) is 0 Å². The Bertz CT molecular complexity index is 406. The smallest absolute Gasteiger partial charge is 0.0766 e. The molecule has 0 aromatic carbocycles. The number of aromatic nitrogens is 2. The Labute approximate surface area is 131 Å². The molecule has 1 heterocycles. The molecule has 0 aliphatic rings. The summed E-state index contributed by atoms with van der Waals surface area (Å²) in [6.07, 6.45) is 4.34. The van der Waals surface area contributed by atoms with Gasteiger partial charge < -0.3 is 10.1 Å². The molecule has 2 atom stereocenters. The Morgan fingerprint density at radius 1 is 1.40 bits per heavy atom. The molecule has 0 saturated heterocycles. The minimum atomic E-state index is 0.266. The lowest BCUT2D eigenvalue weighted by atomic mass is 10.0. The summed E-state index contributed by atoms with van der Waals surface area (Å²) in [6, 6.07) is 0.418. The third kappa shape index (κ3) is 4.86. The quantitative estimate of drug-likeness (QED) is 0.747. The molecule has 0 saturated carbocycles. The van der Waals surface area contributed by atoms with Gasteiger partial charge in [-0.15, -0.1) is 0 Å². The van der Waals surface area contributed by atoms with Crippen molar-refractivity contribution < 1.29 is 4.74 Å². The van der Waals surface area contributed by atoms with Crippen LogP contribution in [0.2, 0.25) is 0 Å². The molecule has 4 nitrogen and oxygen atoms in total. The van der Waals surface area contributed by atoms with Crippen LogP contribution in [-0.4, -0.2) is 35.6 Å². The largest absolute Gasteiger partial charge is 0.382 e. The first-order valence-corrected chi connectivity index (χ1v) is 8.29. The molecular weight excluding hydrogens is 318 g/mol. The first-order valence-electron chi connectivity index (χ1n) is 7.49. The number of hydrogen-bond acceptors (Lipinski definition) is 3. The molecular formula is C15H28BrN3O. The van der Waals surface area contributed by atoms with Gasteiger partial charge in [0.15, 0.2) is 0 Å². The molecule has 1 aromatic heterocycles. The van der Waals surface area contributed by atoms with Gasteiger partial charge in [-0.1, -0.05) is 13.8 Å². The van der Waals surface area contributed by atoms with Gasteiger partial charge in [-0.3, -0.25) is 4.68 Å². The van der Waals surface area contributed by atoms with Crippen LogP contribution < -0.4 is 5.32 Å². The predicted molar refractivity (Wildman–Crippen MR) is 87.2 cm³/mol. The van der Waals surface area contributed by atoms with E-state index in [1.165, 1.54) is 5.69 Å². The molecule has 0 radical (unpaired) electrons. The highest BCUT2D eigenvalue weighted by molar-refractivity contribution is 9.10. The van der Waals surface area contributed by atoms with Crippen LogP contribution in [-0.2, 0) is 24.6 Å². The van der Waals surface area contributed by atoms with Gasteiger partial charge in [0.05, 0.1) is 22.0 Å². The van der Waals surface area contributed by atoms with Crippen LogP contribution in [0.25, 0.3) is 0 Å². The van der Waals surface area contributed by atoms with E-state index in [0.717, 1.165) is 42.4 Å². The molecule has 0 amide bonds. The molecule has 0 aliphatic carbocycles. The molecule has 2 unspecified atom stereocenters. The maximum Gasteiger partial charge on any atom is 0.0766 e. The fourth-order valence-electron chi connectivity index (χ4n) is 2.36. The van der Waals surface area contributed by atoms with Gasteiger partial charge in [0.1, 0.15) is 0 Å². The fraction of sp³-hybridized carbons (Fsp3) is 0.800. The number of nitrogens with zero attached hydrogens (tertiary/aromatic N) is 2. The molecule has 0 fully saturated rings.